The highest BCUT2D eigenvalue weighted by atomic mass is 79.9. The van der Waals surface area contributed by atoms with Gasteiger partial charge in [-0.05, 0) is 59.0 Å². The minimum atomic E-state index is 0.912. The molecule has 0 nitrogen and oxygen atoms in total. The second kappa shape index (κ2) is 3.09. The lowest BCUT2D eigenvalue weighted by Crippen LogP contribution is -2.06. The molecule has 70 valence electrons. The fourth-order valence-corrected chi connectivity index (χ4v) is 4.77. The minimum absolute atomic E-state index is 0.912. The van der Waals surface area contributed by atoms with Crippen molar-refractivity contribution in [3.63, 3.8) is 0 Å². The number of fused-ring (bicyclic) bond motifs is 2. The summed E-state index contributed by atoms with van der Waals surface area (Å²) in [5.41, 5.74) is 0. The number of hydrogen-bond acceptors (Lipinski definition) is 1. The molecule has 2 aliphatic carbocycles. The Kier molecular flexibility index (Phi) is 2.02. The van der Waals surface area contributed by atoms with E-state index in [2.05, 4.69) is 27.4 Å². The second-order valence-corrected chi connectivity index (χ2v) is 6.31. The standard InChI is InChI=1S/C11H13BrS/c12-9-5-11(13-6-9)10-4-7-1-2-8(10)3-7/h5-8,10H,1-4H2/t7-,8+,10+/m0/s1. The zero-order valence-corrected chi connectivity index (χ0v) is 9.90. The third kappa shape index (κ3) is 1.39. The van der Waals surface area contributed by atoms with Crippen LogP contribution in [-0.2, 0) is 0 Å². The SMILES string of the molecule is Brc1csc([C@@H]2C[C@H]3CC[C@@H]2C3)c1. The van der Waals surface area contributed by atoms with E-state index in [1.807, 2.05) is 11.3 Å². The van der Waals surface area contributed by atoms with Crippen molar-refractivity contribution in [2.75, 3.05) is 0 Å². The Morgan fingerprint density at radius 1 is 1.31 bits per heavy atom. The second-order valence-electron chi connectivity index (χ2n) is 4.45. The highest BCUT2D eigenvalue weighted by Crippen LogP contribution is 2.54. The monoisotopic (exact) mass is 256 g/mol. The zero-order valence-electron chi connectivity index (χ0n) is 7.50. The molecular weight excluding hydrogens is 244 g/mol. The molecule has 2 aliphatic rings. The maximum atomic E-state index is 3.54. The molecule has 13 heavy (non-hydrogen) atoms. The molecule has 0 N–H and O–H groups in total. The molecule has 0 saturated heterocycles. The summed E-state index contributed by atoms with van der Waals surface area (Å²) >= 11 is 5.48. The van der Waals surface area contributed by atoms with E-state index in [0.29, 0.717) is 0 Å². The van der Waals surface area contributed by atoms with E-state index in [1.165, 1.54) is 30.2 Å². The van der Waals surface area contributed by atoms with Crippen LogP contribution in [0.5, 0.6) is 0 Å². The van der Waals surface area contributed by atoms with E-state index in [1.54, 1.807) is 4.88 Å². The first-order chi connectivity index (χ1) is 6.33. The van der Waals surface area contributed by atoms with Gasteiger partial charge in [0.25, 0.3) is 0 Å². The molecule has 0 aliphatic heterocycles. The van der Waals surface area contributed by atoms with E-state index in [-0.39, 0.29) is 0 Å². The van der Waals surface area contributed by atoms with Crippen molar-refractivity contribution in [1.29, 1.82) is 0 Å². The van der Waals surface area contributed by atoms with Gasteiger partial charge in [0.15, 0.2) is 0 Å². The van der Waals surface area contributed by atoms with Crippen LogP contribution in [-0.4, -0.2) is 0 Å². The first-order valence-electron chi connectivity index (χ1n) is 5.07. The molecule has 1 aromatic rings. The largest absolute Gasteiger partial charge is 0.147 e. The predicted octanol–water partition coefficient (Wildman–Crippen LogP) is 4.41. The van der Waals surface area contributed by atoms with Gasteiger partial charge in [-0.1, -0.05) is 6.42 Å². The van der Waals surface area contributed by atoms with Crippen LogP contribution in [0.4, 0.5) is 0 Å². The molecule has 2 fully saturated rings. The van der Waals surface area contributed by atoms with Crippen molar-refractivity contribution in [2.45, 2.75) is 31.6 Å². The van der Waals surface area contributed by atoms with Gasteiger partial charge in [-0.15, -0.1) is 11.3 Å². The Morgan fingerprint density at radius 3 is 2.77 bits per heavy atom. The molecule has 0 spiro atoms. The molecule has 1 aromatic heterocycles. The molecule has 2 saturated carbocycles. The minimum Gasteiger partial charge on any atom is -0.147 e. The van der Waals surface area contributed by atoms with Gasteiger partial charge < -0.3 is 0 Å². The lowest BCUT2D eigenvalue weighted by atomic mass is 9.88. The van der Waals surface area contributed by atoms with Gasteiger partial charge in [0.1, 0.15) is 0 Å². The Bertz CT molecular complexity index is 318. The van der Waals surface area contributed by atoms with Crippen LogP contribution in [0, 0.1) is 11.8 Å². The first-order valence-corrected chi connectivity index (χ1v) is 6.74. The van der Waals surface area contributed by atoms with Crippen LogP contribution in [0.2, 0.25) is 0 Å². The Labute approximate surface area is 91.5 Å². The summed E-state index contributed by atoms with van der Waals surface area (Å²) in [4.78, 5) is 1.62. The third-order valence-electron chi connectivity index (χ3n) is 3.69. The van der Waals surface area contributed by atoms with Crippen molar-refractivity contribution in [1.82, 2.24) is 0 Å². The van der Waals surface area contributed by atoms with Crippen molar-refractivity contribution in [3.8, 4) is 0 Å². The molecule has 2 heteroatoms. The van der Waals surface area contributed by atoms with Crippen LogP contribution in [0.25, 0.3) is 0 Å². The van der Waals surface area contributed by atoms with Gasteiger partial charge in [-0.3, -0.25) is 0 Å². The van der Waals surface area contributed by atoms with Crippen molar-refractivity contribution >= 4 is 27.3 Å². The molecule has 0 amide bonds. The van der Waals surface area contributed by atoms with Gasteiger partial charge in [0.2, 0.25) is 0 Å². The van der Waals surface area contributed by atoms with Gasteiger partial charge >= 0.3 is 0 Å². The van der Waals surface area contributed by atoms with Crippen LogP contribution in [0.15, 0.2) is 15.9 Å². The van der Waals surface area contributed by atoms with E-state index >= 15 is 0 Å². The van der Waals surface area contributed by atoms with Crippen molar-refractivity contribution in [3.05, 3.63) is 20.8 Å². The average Bonchev–Trinajstić information content (AvgIpc) is 2.77. The first kappa shape index (κ1) is 8.49. The average molecular weight is 257 g/mol. The highest BCUT2D eigenvalue weighted by Gasteiger charge is 2.40. The highest BCUT2D eigenvalue weighted by molar-refractivity contribution is 9.10. The molecule has 0 unspecified atom stereocenters. The third-order valence-corrected chi connectivity index (χ3v) is 5.52. The summed E-state index contributed by atoms with van der Waals surface area (Å²) in [5, 5.41) is 2.22. The maximum absolute atomic E-state index is 3.54. The van der Waals surface area contributed by atoms with E-state index in [0.717, 1.165) is 17.8 Å². The smallest absolute Gasteiger partial charge is 0.0285 e. The van der Waals surface area contributed by atoms with E-state index < -0.39 is 0 Å². The molecule has 3 atom stereocenters. The lowest BCUT2D eigenvalue weighted by molar-refractivity contribution is 0.424. The fraction of sp³-hybridized carbons (Fsp3) is 0.636. The van der Waals surface area contributed by atoms with Crippen LogP contribution in [0.1, 0.15) is 36.5 Å². The van der Waals surface area contributed by atoms with Gasteiger partial charge in [-0.25, -0.2) is 0 Å². The normalized spacial score (nSPS) is 37.2. The predicted molar refractivity (Wildman–Crippen MR) is 60.2 cm³/mol. The number of halogens is 1. The summed E-state index contributed by atoms with van der Waals surface area (Å²) < 4.78 is 1.27. The zero-order chi connectivity index (χ0) is 8.84. The molecule has 0 radical (unpaired) electrons. The number of hydrogen-bond donors (Lipinski definition) is 0. The summed E-state index contributed by atoms with van der Waals surface area (Å²) in [6, 6.07) is 2.33. The Balaban J connectivity index is 1.87. The maximum Gasteiger partial charge on any atom is 0.0285 e. The summed E-state index contributed by atoms with van der Waals surface area (Å²) in [6.07, 6.45) is 5.98. The van der Waals surface area contributed by atoms with E-state index in [4.69, 9.17) is 0 Å². The van der Waals surface area contributed by atoms with Crippen LogP contribution in [0.3, 0.4) is 0 Å². The van der Waals surface area contributed by atoms with E-state index in [9.17, 15) is 0 Å². The molecular formula is C11H13BrS. The van der Waals surface area contributed by atoms with Gasteiger partial charge in [0.05, 0.1) is 0 Å². The van der Waals surface area contributed by atoms with Crippen LogP contribution >= 0.6 is 27.3 Å². The van der Waals surface area contributed by atoms with Gasteiger partial charge in [-0.2, -0.15) is 0 Å². The fourth-order valence-electron chi connectivity index (χ4n) is 3.12. The molecule has 3 rings (SSSR count). The van der Waals surface area contributed by atoms with Crippen molar-refractivity contribution < 1.29 is 0 Å². The van der Waals surface area contributed by atoms with Crippen LogP contribution < -0.4 is 0 Å². The van der Waals surface area contributed by atoms with Gasteiger partial charge in [0, 0.05) is 14.7 Å². The molecule has 1 heterocycles. The summed E-state index contributed by atoms with van der Waals surface area (Å²) in [6.45, 7) is 0. The topological polar surface area (TPSA) is 0 Å². The summed E-state index contributed by atoms with van der Waals surface area (Å²) in [7, 11) is 0. The molecule has 0 aromatic carbocycles. The Morgan fingerprint density at radius 2 is 2.23 bits per heavy atom. The number of thiophene rings is 1. The Hall–Kier alpha value is 0.180. The quantitative estimate of drug-likeness (QED) is 0.698. The lowest BCUT2D eigenvalue weighted by Gasteiger charge is -2.19. The van der Waals surface area contributed by atoms with Crippen molar-refractivity contribution in [2.24, 2.45) is 11.8 Å². The molecule has 2 bridgehead atoms. The summed E-state index contributed by atoms with van der Waals surface area (Å²) in [5.74, 6) is 3.00. The number of rotatable bonds is 1.